The second-order valence-corrected chi connectivity index (χ2v) is 6.41. The number of aliphatic hydroxyl groups is 1. The van der Waals surface area contributed by atoms with Crippen molar-refractivity contribution in [3.05, 3.63) is 35.9 Å². The first kappa shape index (κ1) is 22.0. The molecular formula is C19H21ClO10. The van der Waals surface area contributed by atoms with E-state index in [0.717, 1.165) is 13.8 Å². The van der Waals surface area contributed by atoms with Crippen molar-refractivity contribution in [3.8, 4) is 0 Å². The fourth-order valence-electron chi connectivity index (χ4n) is 2.75. The van der Waals surface area contributed by atoms with Crippen molar-refractivity contribution in [1.82, 2.24) is 0 Å². The summed E-state index contributed by atoms with van der Waals surface area (Å²) >= 11 is 5.44. The Kier molecular flexibility index (Phi) is 8.00. The molecular weight excluding hydrogens is 424 g/mol. The van der Waals surface area contributed by atoms with Crippen LogP contribution in [0.15, 0.2) is 30.3 Å². The number of halogens is 1. The van der Waals surface area contributed by atoms with E-state index in [1.54, 1.807) is 18.2 Å². The molecule has 1 N–H and O–H groups in total. The molecule has 0 saturated carbocycles. The number of esters is 4. The summed E-state index contributed by atoms with van der Waals surface area (Å²) in [6.45, 7) is 1.72. The molecule has 0 aromatic heterocycles. The molecule has 1 fully saturated rings. The highest BCUT2D eigenvalue weighted by Gasteiger charge is 2.52. The highest BCUT2D eigenvalue weighted by Crippen LogP contribution is 2.28. The van der Waals surface area contributed by atoms with Crippen molar-refractivity contribution in [3.63, 3.8) is 0 Å². The Hall–Kier alpha value is -2.69. The molecule has 10 nitrogen and oxygen atoms in total. The summed E-state index contributed by atoms with van der Waals surface area (Å²) in [5.74, 6) is -5.47. The number of alkyl halides is 1. The predicted octanol–water partition coefficient (Wildman–Crippen LogP) is 0.575. The molecule has 2 rings (SSSR count). The third-order valence-corrected chi connectivity index (χ3v) is 4.13. The zero-order valence-electron chi connectivity index (χ0n) is 17.1. The van der Waals surface area contributed by atoms with Crippen LogP contribution in [0.4, 0.5) is 0 Å². The molecule has 164 valence electrons. The maximum Gasteiger partial charge on any atom is 0.338 e. The van der Waals surface area contributed by atoms with Crippen LogP contribution in [0, 0.1) is 0 Å². The summed E-state index contributed by atoms with van der Waals surface area (Å²) < 4.78 is 33.0. The molecule has 11 heteroatoms. The van der Waals surface area contributed by atoms with Gasteiger partial charge in [0.15, 0.2) is 24.6 Å². The van der Waals surface area contributed by atoms with Crippen molar-refractivity contribution >= 4 is 35.5 Å². The zero-order chi connectivity index (χ0) is 23.1. The molecule has 2 unspecified atom stereocenters. The lowest BCUT2D eigenvalue weighted by Crippen LogP contribution is -2.62. The van der Waals surface area contributed by atoms with Gasteiger partial charge in [-0.25, -0.2) is 4.79 Å². The van der Waals surface area contributed by atoms with Crippen LogP contribution >= 0.6 is 11.6 Å². The first-order valence-corrected chi connectivity index (χ1v) is 9.20. The fourth-order valence-corrected chi connectivity index (χ4v) is 2.80. The SMILES string of the molecule is [2H]C(Cl)C(=O)O[C@H]1[C@H](OC(C)=O)[C@@H](COC(C)=O)OC(O)[C@@H]1OC(=O)c1ccccc1. The van der Waals surface area contributed by atoms with Crippen LogP contribution in [0.2, 0.25) is 0 Å². The van der Waals surface area contributed by atoms with Crippen LogP contribution in [0.1, 0.15) is 25.6 Å². The lowest BCUT2D eigenvalue weighted by molar-refractivity contribution is -0.292. The third kappa shape index (κ3) is 6.41. The van der Waals surface area contributed by atoms with Gasteiger partial charge in [0.1, 0.15) is 18.6 Å². The van der Waals surface area contributed by atoms with Crippen LogP contribution in [0.25, 0.3) is 0 Å². The Morgan fingerprint density at radius 3 is 2.27 bits per heavy atom. The van der Waals surface area contributed by atoms with E-state index in [0.29, 0.717) is 0 Å². The smallest absolute Gasteiger partial charge is 0.338 e. The van der Waals surface area contributed by atoms with Gasteiger partial charge in [0.25, 0.3) is 0 Å². The second-order valence-electron chi connectivity index (χ2n) is 6.19. The highest BCUT2D eigenvalue weighted by molar-refractivity contribution is 6.26. The average Bonchev–Trinajstić information content (AvgIpc) is 2.71. The zero-order valence-corrected chi connectivity index (χ0v) is 16.8. The van der Waals surface area contributed by atoms with Gasteiger partial charge in [-0.15, -0.1) is 11.6 Å². The van der Waals surface area contributed by atoms with Crippen molar-refractivity contribution in [1.29, 1.82) is 0 Å². The second kappa shape index (κ2) is 10.9. The molecule has 1 aliphatic heterocycles. The molecule has 1 saturated heterocycles. The van der Waals surface area contributed by atoms with E-state index in [4.69, 9.17) is 36.7 Å². The number of carbonyl (C=O) groups excluding carboxylic acids is 4. The van der Waals surface area contributed by atoms with Gasteiger partial charge < -0.3 is 28.8 Å². The van der Waals surface area contributed by atoms with Gasteiger partial charge in [-0.2, -0.15) is 0 Å². The summed E-state index contributed by atoms with van der Waals surface area (Å²) in [4.78, 5) is 47.3. The minimum absolute atomic E-state index is 0.126. The quantitative estimate of drug-likeness (QED) is 0.360. The molecule has 0 spiro atoms. The molecule has 1 heterocycles. The number of aliphatic hydroxyl groups excluding tert-OH is 1. The van der Waals surface area contributed by atoms with Crippen LogP contribution in [0.3, 0.4) is 0 Å². The van der Waals surface area contributed by atoms with E-state index in [1.807, 2.05) is 0 Å². The van der Waals surface area contributed by atoms with E-state index in [-0.39, 0.29) is 5.56 Å². The lowest BCUT2D eigenvalue weighted by Gasteiger charge is -2.42. The summed E-state index contributed by atoms with van der Waals surface area (Å²) in [5, 5.41) is 10.4. The van der Waals surface area contributed by atoms with Gasteiger partial charge in [-0.05, 0) is 12.1 Å². The largest absolute Gasteiger partial charge is 0.463 e. The number of carbonyl (C=O) groups is 4. The van der Waals surface area contributed by atoms with Crippen LogP contribution in [0.5, 0.6) is 0 Å². The Labute approximate surface area is 178 Å². The van der Waals surface area contributed by atoms with Crippen molar-refractivity contribution < 1.29 is 49.3 Å². The molecule has 0 radical (unpaired) electrons. The van der Waals surface area contributed by atoms with Crippen LogP contribution in [-0.2, 0) is 38.1 Å². The summed E-state index contributed by atoms with van der Waals surface area (Å²) in [6.07, 6.45) is -7.83. The molecule has 6 atom stereocenters. The van der Waals surface area contributed by atoms with Gasteiger partial charge in [0.2, 0.25) is 0 Å². The van der Waals surface area contributed by atoms with E-state index < -0.39 is 67.0 Å². The Morgan fingerprint density at radius 1 is 1.03 bits per heavy atom. The first-order valence-electron chi connectivity index (χ1n) is 9.34. The molecule has 0 aliphatic carbocycles. The monoisotopic (exact) mass is 445 g/mol. The molecule has 0 bridgehead atoms. The highest BCUT2D eigenvalue weighted by atomic mass is 35.5. The Balaban J connectivity index is 2.35. The summed E-state index contributed by atoms with van der Waals surface area (Å²) in [7, 11) is 0. The topological polar surface area (TPSA) is 135 Å². The van der Waals surface area contributed by atoms with E-state index in [1.165, 1.54) is 12.1 Å². The number of hydrogen-bond donors (Lipinski definition) is 1. The molecule has 1 aromatic rings. The Morgan fingerprint density at radius 2 is 1.70 bits per heavy atom. The van der Waals surface area contributed by atoms with Crippen molar-refractivity contribution in [2.75, 3.05) is 12.5 Å². The number of rotatable bonds is 7. The molecule has 1 aromatic carbocycles. The van der Waals surface area contributed by atoms with Crippen molar-refractivity contribution in [2.24, 2.45) is 0 Å². The summed E-state index contributed by atoms with van der Waals surface area (Å²) in [5.41, 5.74) is 0.126. The minimum Gasteiger partial charge on any atom is -0.463 e. The molecule has 0 amide bonds. The molecule has 1 aliphatic rings. The van der Waals surface area contributed by atoms with Crippen molar-refractivity contribution in [2.45, 2.75) is 44.6 Å². The van der Waals surface area contributed by atoms with Crippen LogP contribution in [-0.4, -0.2) is 72.2 Å². The van der Waals surface area contributed by atoms with Gasteiger partial charge in [-0.1, -0.05) is 18.2 Å². The Bertz CT molecular complexity index is 802. The van der Waals surface area contributed by atoms with Crippen LogP contribution < -0.4 is 0 Å². The van der Waals surface area contributed by atoms with Gasteiger partial charge in [0.05, 0.1) is 6.93 Å². The number of hydrogen-bond acceptors (Lipinski definition) is 10. The van der Waals surface area contributed by atoms with E-state index in [2.05, 4.69) is 0 Å². The number of ether oxygens (including phenoxy) is 5. The van der Waals surface area contributed by atoms with E-state index in [9.17, 15) is 24.3 Å². The predicted molar refractivity (Wildman–Crippen MR) is 99.3 cm³/mol. The maximum atomic E-state index is 12.5. The molecule has 30 heavy (non-hydrogen) atoms. The summed E-state index contributed by atoms with van der Waals surface area (Å²) in [6, 6.07) is 7.73. The fraction of sp³-hybridized carbons (Fsp3) is 0.474. The normalized spacial score (nSPS) is 27.2. The third-order valence-electron chi connectivity index (χ3n) is 3.96. The van der Waals surface area contributed by atoms with E-state index >= 15 is 0 Å². The minimum atomic E-state index is -1.85. The standard InChI is InChI=1S/C19H21ClO10/c1-10(21)26-9-13-15(27-11(2)22)16(29-14(23)8-20)17(19(25)28-13)30-18(24)12-6-4-3-5-7-12/h3-7,13,15-17,19,25H,8-9H2,1-2H3/t13-,15-,16+,17-,19?/m1/s1/i8D/t8?,13-,15-,16+,17-,19?. The van der Waals surface area contributed by atoms with Gasteiger partial charge in [-0.3, -0.25) is 14.4 Å². The van der Waals surface area contributed by atoms with Gasteiger partial charge >= 0.3 is 23.9 Å². The van der Waals surface area contributed by atoms with Gasteiger partial charge in [0, 0.05) is 13.8 Å². The maximum absolute atomic E-state index is 12.5. The number of benzene rings is 1. The average molecular weight is 446 g/mol. The first-order chi connectivity index (χ1) is 14.6. The lowest BCUT2D eigenvalue weighted by atomic mass is 9.98.